The number of hydrogen-bond acceptors (Lipinski definition) is 13. The average molecular weight is 825 g/mol. The molecule has 1 aliphatic heterocycles. The number of aldehydes is 1. The van der Waals surface area contributed by atoms with Gasteiger partial charge in [-0.2, -0.15) is 0 Å². The number of nitrogens with one attached hydrogen (secondary N) is 1. The minimum absolute atomic E-state index is 0.106. The maximum atomic E-state index is 11.0. The fourth-order valence-corrected chi connectivity index (χ4v) is 5.44. The molecule has 14 heteroatoms. The fraction of sp³-hybridized carbons (Fsp3) is 0.558. The Morgan fingerprint density at radius 2 is 1.60 bits per heavy atom. The molecule has 0 aromatic heterocycles. The molecular formula is C43H77N4O9P. The quantitative estimate of drug-likeness (QED) is 0.0283. The molecule has 2 aromatic rings. The summed E-state index contributed by atoms with van der Waals surface area (Å²) in [5.74, 6) is 1.51. The standard InChI is InChI=1S/C28H35NO6.C6H17N2OP.C4H8O.C3H8.CH5N.CH4O/c1-6-20(2)28(21-11-8-7-9-12-21,22-13-15-23(32-4)16-14-22)34-19-24-25(31)26(33-5)27(35-24)29(3)17-10-18-30;1-6(2)8-10-9-5-3-4-7;1-4(2)5-3;1-3-2;2*1-2/h6-18,24-27,31H,19H2,1-5H3;6,8,10H,3-5,7H2,1-2H3;1H2,2-3H3;3H2,1-2H3;2H2,1H3;2H,1H3/b17-10-,20-6+;;;;;. The normalized spacial score (nSPS) is 18.2. The molecule has 57 heavy (non-hydrogen) atoms. The summed E-state index contributed by atoms with van der Waals surface area (Å²) in [4.78, 5) is 12.5. The van der Waals surface area contributed by atoms with E-state index >= 15 is 0 Å². The molecule has 328 valence electrons. The van der Waals surface area contributed by atoms with Gasteiger partial charge in [-0.25, -0.2) is 0 Å². The van der Waals surface area contributed by atoms with Crippen LogP contribution in [0.3, 0.4) is 0 Å². The smallest absolute Gasteiger partial charge is 0.159 e. The van der Waals surface area contributed by atoms with Crippen LogP contribution in [0.4, 0.5) is 0 Å². The van der Waals surface area contributed by atoms with Crippen LogP contribution in [0, 0.1) is 0 Å². The highest BCUT2D eigenvalue weighted by Gasteiger charge is 2.47. The molecule has 6 unspecified atom stereocenters. The summed E-state index contributed by atoms with van der Waals surface area (Å²) >= 11 is 0. The van der Waals surface area contributed by atoms with Crippen LogP contribution < -0.4 is 21.3 Å². The lowest BCUT2D eigenvalue weighted by atomic mass is 9.80. The Bertz CT molecular complexity index is 1300. The van der Waals surface area contributed by atoms with Crippen molar-refractivity contribution in [1.29, 1.82) is 0 Å². The minimum Gasteiger partial charge on any atom is -0.502 e. The molecule has 0 aliphatic carbocycles. The summed E-state index contributed by atoms with van der Waals surface area (Å²) in [6, 6.07) is 18.3. The van der Waals surface area contributed by atoms with E-state index < -0.39 is 30.1 Å². The van der Waals surface area contributed by atoms with E-state index in [0.29, 0.717) is 27.8 Å². The summed E-state index contributed by atoms with van der Waals surface area (Å²) in [5.41, 5.74) is 11.7. The number of hydrogen-bond donors (Lipinski definition) is 5. The number of rotatable bonds is 18. The van der Waals surface area contributed by atoms with E-state index in [1.165, 1.54) is 26.7 Å². The topological polar surface area (TPSA) is 180 Å². The molecule has 1 heterocycles. The highest BCUT2D eigenvalue weighted by Crippen LogP contribution is 2.42. The van der Waals surface area contributed by atoms with Crippen molar-refractivity contribution >= 4 is 15.2 Å². The average Bonchev–Trinajstić information content (AvgIpc) is 3.57. The molecule has 1 fully saturated rings. The van der Waals surface area contributed by atoms with E-state index in [9.17, 15) is 9.90 Å². The van der Waals surface area contributed by atoms with Gasteiger partial charge < -0.3 is 54.8 Å². The van der Waals surface area contributed by atoms with Gasteiger partial charge in [-0.1, -0.05) is 75.4 Å². The molecule has 0 bridgehead atoms. The maximum absolute atomic E-state index is 11.0. The third kappa shape index (κ3) is 22.5. The second-order valence-corrected chi connectivity index (χ2v) is 13.2. The molecule has 0 radical (unpaired) electrons. The highest BCUT2D eigenvalue weighted by atomic mass is 31.1. The van der Waals surface area contributed by atoms with Crippen LogP contribution in [0.5, 0.6) is 5.75 Å². The molecule has 3 rings (SSSR count). The number of methoxy groups -OCH3 is 3. The number of ether oxygens (including phenoxy) is 5. The number of benzene rings is 2. The van der Waals surface area contributed by atoms with Crippen LogP contribution in [0.25, 0.3) is 0 Å². The van der Waals surface area contributed by atoms with Crippen molar-refractivity contribution < 1.29 is 43.2 Å². The summed E-state index contributed by atoms with van der Waals surface area (Å²) in [5, 5.41) is 21.2. The predicted octanol–water partition coefficient (Wildman–Crippen LogP) is 6.29. The fourth-order valence-electron chi connectivity index (χ4n) is 4.87. The largest absolute Gasteiger partial charge is 0.502 e. The predicted molar refractivity (Wildman–Crippen MR) is 236 cm³/mol. The molecule has 2 aromatic carbocycles. The van der Waals surface area contributed by atoms with E-state index in [-0.39, 0.29) is 6.61 Å². The summed E-state index contributed by atoms with van der Waals surface area (Å²) in [6.07, 6.45) is 5.12. The summed E-state index contributed by atoms with van der Waals surface area (Å²) in [6.45, 7) is 19.3. The number of allylic oxidation sites excluding steroid dienone is 3. The van der Waals surface area contributed by atoms with Gasteiger partial charge in [0.25, 0.3) is 0 Å². The lowest BCUT2D eigenvalue weighted by molar-refractivity contribution is -0.107. The molecule has 0 spiro atoms. The number of carbonyl (C=O) groups excluding carboxylic acids is 1. The Morgan fingerprint density at radius 3 is 2.04 bits per heavy atom. The van der Waals surface area contributed by atoms with Crippen LogP contribution in [0.15, 0.2) is 90.9 Å². The van der Waals surface area contributed by atoms with Crippen LogP contribution in [0.2, 0.25) is 0 Å². The van der Waals surface area contributed by atoms with Crippen LogP contribution in [-0.4, -0.2) is 114 Å². The second-order valence-electron chi connectivity index (χ2n) is 12.5. The van der Waals surface area contributed by atoms with Crippen LogP contribution >= 0.6 is 8.96 Å². The Balaban J connectivity index is -0.00000109. The molecule has 0 saturated carbocycles. The first-order valence-corrected chi connectivity index (χ1v) is 20.0. The molecule has 6 atom stereocenters. The first kappa shape index (κ1) is 58.1. The van der Waals surface area contributed by atoms with Gasteiger partial charge in [-0.3, -0.25) is 9.88 Å². The van der Waals surface area contributed by atoms with Gasteiger partial charge in [-0.05, 0) is 89.5 Å². The van der Waals surface area contributed by atoms with Gasteiger partial charge in [0.05, 0.1) is 42.2 Å². The van der Waals surface area contributed by atoms with Crippen LogP contribution in [0.1, 0.15) is 72.4 Å². The van der Waals surface area contributed by atoms with E-state index in [2.05, 4.69) is 49.8 Å². The number of nitrogens with zero attached hydrogens (tertiary/aromatic N) is 1. The van der Waals surface area contributed by atoms with E-state index in [1.54, 1.807) is 39.3 Å². The van der Waals surface area contributed by atoms with Crippen molar-refractivity contribution in [3.63, 3.8) is 0 Å². The number of carbonyl (C=O) groups is 1. The summed E-state index contributed by atoms with van der Waals surface area (Å²) in [7, 11) is 9.45. The molecule has 1 saturated heterocycles. The summed E-state index contributed by atoms with van der Waals surface area (Å²) < 4.78 is 33.6. The zero-order valence-corrected chi connectivity index (χ0v) is 38.0. The maximum Gasteiger partial charge on any atom is 0.159 e. The minimum atomic E-state index is -0.924. The van der Waals surface area contributed by atoms with E-state index in [0.717, 1.165) is 48.3 Å². The van der Waals surface area contributed by atoms with Gasteiger partial charge in [0.1, 0.15) is 35.9 Å². The van der Waals surface area contributed by atoms with E-state index in [4.69, 9.17) is 34.3 Å². The zero-order chi connectivity index (χ0) is 44.2. The van der Waals surface area contributed by atoms with E-state index in [1.807, 2.05) is 74.5 Å². The number of aliphatic hydroxyl groups excluding tert-OH is 2. The third-order valence-corrected chi connectivity index (χ3v) is 8.78. The first-order chi connectivity index (χ1) is 27.4. The third-order valence-electron chi connectivity index (χ3n) is 7.73. The van der Waals surface area contributed by atoms with Crippen molar-refractivity contribution in [2.75, 3.05) is 62.3 Å². The lowest BCUT2D eigenvalue weighted by Crippen LogP contribution is -2.42. The molecule has 0 amide bonds. The van der Waals surface area contributed by atoms with Crippen molar-refractivity contribution in [1.82, 2.24) is 9.99 Å². The lowest BCUT2D eigenvalue weighted by Gasteiger charge is -2.37. The van der Waals surface area contributed by atoms with Gasteiger partial charge >= 0.3 is 0 Å². The Labute approximate surface area is 346 Å². The first-order valence-electron chi connectivity index (χ1n) is 19.1. The van der Waals surface area contributed by atoms with Crippen molar-refractivity contribution in [3.05, 3.63) is 102 Å². The molecule has 13 nitrogen and oxygen atoms in total. The zero-order valence-electron chi connectivity index (χ0n) is 37.0. The van der Waals surface area contributed by atoms with Crippen molar-refractivity contribution in [2.24, 2.45) is 11.5 Å². The Kier molecular flexibility index (Phi) is 37.8. The number of nitrogens with two attached hydrogens (primary N) is 2. The van der Waals surface area contributed by atoms with Gasteiger partial charge in [0.2, 0.25) is 0 Å². The Morgan fingerprint density at radius 1 is 1.05 bits per heavy atom. The van der Waals surface area contributed by atoms with Crippen LogP contribution in [-0.2, 0) is 33.9 Å². The molecule has 1 aliphatic rings. The molecular weight excluding hydrogens is 747 g/mol. The number of likely N-dealkylation sites (N-methyl/N-ethyl adjacent to an activating group) is 1. The van der Waals surface area contributed by atoms with Crippen molar-refractivity contribution in [3.8, 4) is 5.75 Å². The second kappa shape index (κ2) is 37.1. The monoisotopic (exact) mass is 825 g/mol. The van der Waals surface area contributed by atoms with Gasteiger partial charge in [0.15, 0.2) is 6.23 Å². The highest BCUT2D eigenvalue weighted by molar-refractivity contribution is 7.29. The van der Waals surface area contributed by atoms with Crippen molar-refractivity contribution in [2.45, 2.75) is 97.5 Å². The van der Waals surface area contributed by atoms with Gasteiger partial charge in [0, 0.05) is 33.5 Å². The Hall–Kier alpha value is -3.20. The SMILES string of the molecule is C/C=C(\C)C(OCC1OC(N(C)/C=C\C=O)C(OC)C1O)(c1ccccc1)c1ccc(OC)cc1.C=C(C)OC.CC(C)NPOCCCN.CCC.CN.CO. The number of aliphatic hydroxyl groups is 2. The van der Waals surface area contributed by atoms with Gasteiger partial charge in [-0.15, -0.1) is 0 Å². The molecule has 7 N–H and O–H groups in total.